The fraction of sp³-hybridized carbons (Fsp3) is 0.370. The van der Waals surface area contributed by atoms with E-state index in [2.05, 4.69) is 47.0 Å². The van der Waals surface area contributed by atoms with Crippen LogP contribution in [0.15, 0.2) is 72.8 Å². The summed E-state index contributed by atoms with van der Waals surface area (Å²) in [6.07, 6.45) is 0.104. The molecule has 3 aromatic carbocycles. The van der Waals surface area contributed by atoms with Crippen molar-refractivity contribution in [2.24, 2.45) is 0 Å². The smallest absolute Gasteiger partial charge is 0.407 e. The van der Waals surface area contributed by atoms with Crippen LogP contribution >= 0.6 is 0 Å². The summed E-state index contributed by atoms with van der Waals surface area (Å²) in [5.74, 6) is 0. The second-order valence-electron chi connectivity index (χ2n) is 9.10. The number of carbonyl (C=O) groups excluding carboxylic acids is 1. The van der Waals surface area contributed by atoms with Crippen molar-refractivity contribution in [1.82, 2.24) is 10.6 Å². The molecule has 0 saturated carbocycles. The minimum absolute atomic E-state index is 0.373. The van der Waals surface area contributed by atoms with Crippen molar-refractivity contribution in [2.45, 2.75) is 51.4 Å². The quantitative estimate of drug-likeness (QED) is 0.435. The number of hydrogen-bond acceptors (Lipinski definition) is 4. The molecule has 0 unspecified atom stereocenters. The summed E-state index contributed by atoms with van der Waals surface area (Å²) in [4.78, 5) is 12.3. The maximum Gasteiger partial charge on any atom is 0.407 e. The molecule has 3 rings (SSSR count). The Morgan fingerprint density at radius 2 is 1.66 bits per heavy atom. The molecule has 0 aliphatic rings. The van der Waals surface area contributed by atoms with Crippen molar-refractivity contribution in [3.63, 3.8) is 0 Å². The number of benzene rings is 3. The first-order valence-electron chi connectivity index (χ1n) is 11.2. The first kappa shape index (κ1) is 23.8. The van der Waals surface area contributed by atoms with E-state index < -0.39 is 23.8 Å². The molecule has 0 fully saturated rings. The summed E-state index contributed by atoms with van der Waals surface area (Å²) in [7, 11) is 0. The number of fused-ring (bicyclic) bond motifs is 1. The van der Waals surface area contributed by atoms with Gasteiger partial charge in [0.1, 0.15) is 5.60 Å². The Bertz CT molecular complexity index is 993. The van der Waals surface area contributed by atoms with Crippen LogP contribution in [0.1, 0.15) is 31.9 Å². The molecule has 32 heavy (non-hydrogen) atoms. The van der Waals surface area contributed by atoms with Gasteiger partial charge in [0.2, 0.25) is 0 Å². The Balaban J connectivity index is 1.57. The number of ether oxygens (including phenoxy) is 1. The molecular weight excluding hydrogens is 400 g/mol. The Morgan fingerprint density at radius 3 is 2.41 bits per heavy atom. The molecule has 0 saturated heterocycles. The van der Waals surface area contributed by atoms with Gasteiger partial charge >= 0.3 is 6.09 Å². The lowest BCUT2D eigenvalue weighted by atomic mass is 10.0. The lowest BCUT2D eigenvalue weighted by Gasteiger charge is -2.27. The molecule has 0 aliphatic heterocycles. The molecule has 170 valence electrons. The summed E-state index contributed by atoms with van der Waals surface area (Å²) >= 11 is 0. The Kier molecular flexibility index (Phi) is 8.26. The molecule has 0 heterocycles. The second kappa shape index (κ2) is 11.1. The van der Waals surface area contributed by atoms with Gasteiger partial charge in [-0.3, -0.25) is 0 Å². The van der Waals surface area contributed by atoms with Crippen LogP contribution in [-0.4, -0.2) is 42.0 Å². The van der Waals surface area contributed by atoms with Crippen molar-refractivity contribution in [1.29, 1.82) is 0 Å². The van der Waals surface area contributed by atoms with Gasteiger partial charge in [-0.15, -0.1) is 0 Å². The minimum atomic E-state index is -0.754. The number of hydrogen-bond donors (Lipinski definition) is 3. The summed E-state index contributed by atoms with van der Waals surface area (Å²) < 4.78 is 5.40. The molecule has 0 spiro atoms. The van der Waals surface area contributed by atoms with Gasteiger partial charge in [-0.05, 0) is 62.1 Å². The largest absolute Gasteiger partial charge is 0.444 e. The average Bonchev–Trinajstić information content (AvgIpc) is 2.75. The molecule has 2 atom stereocenters. The van der Waals surface area contributed by atoms with E-state index in [9.17, 15) is 9.90 Å². The van der Waals surface area contributed by atoms with Crippen LogP contribution in [0.4, 0.5) is 4.79 Å². The van der Waals surface area contributed by atoms with Crippen molar-refractivity contribution in [3.8, 4) is 0 Å². The number of rotatable bonds is 9. The minimum Gasteiger partial charge on any atom is -0.444 e. The van der Waals surface area contributed by atoms with Crippen LogP contribution in [0.25, 0.3) is 10.8 Å². The third-order valence-electron chi connectivity index (χ3n) is 5.27. The zero-order valence-electron chi connectivity index (χ0n) is 19.2. The van der Waals surface area contributed by atoms with E-state index in [4.69, 9.17) is 4.74 Å². The van der Waals surface area contributed by atoms with Crippen LogP contribution < -0.4 is 10.6 Å². The molecule has 0 bridgehead atoms. The van der Waals surface area contributed by atoms with E-state index >= 15 is 0 Å². The second-order valence-corrected chi connectivity index (χ2v) is 9.10. The predicted molar refractivity (Wildman–Crippen MR) is 130 cm³/mol. The standard InChI is InChI=1S/C27H34N2O3/c1-27(2,3)32-26(31)29-24(18-20-10-5-4-6-11-20)25(30)19-28-17-16-22-14-9-13-21-12-7-8-15-23(21)22/h4-15,24-25,28,30H,16-19H2,1-3H3,(H,29,31)/t24-,25-/m0/s1. The highest BCUT2D eigenvalue weighted by molar-refractivity contribution is 5.85. The summed E-state index contributed by atoms with van der Waals surface area (Å²) in [5, 5.41) is 19.5. The molecule has 3 aromatic rings. The zero-order chi connectivity index (χ0) is 23.0. The summed E-state index contributed by atoms with van der Waals surface area (Å²) in [6, 6.07) is 24.1. The third-order valence-corrected chi connectivity index (χ3v) is 5.27. The maximum absolute atomic E-state index is 12.3. The molecule has 3 N–H and O–H groups in total. The van der Waals surface area contributed by atoms with E-state index in [1.807, 2.05) is 57.2 Å². The van der Waals surface area contributed by atoms with Crippen molar-refractivity contribution in [3.05, 3.63) is 83.9 Å². The van der Waals surface area contributed by atoms with Crippen LogP contribution in [0.3, 0.4) is 0 Å². The van der Waals surface area contributed by atoms with Crippen molar-refractivity contribution < 1.29 is 14.6 Å². The van der Waals surface area contributed by atoms with E-state index in [-0.39, 0.29) is 0 Å². The highest BCUT2D eigenvalue weighted by Crippen LogP contribution is 2.18. The lowest BCUT2D eigenvalue weighted by Crippen LogP contribution is -2.50. The zero-order valence-corrected chi connectivity index (χ0v) is 19.2. The van der Waals surface area contributed by atoms with E-state index in [0.717, 1.165) is 18.5 Å². The Hall–Kier alpha value is -2.89. The fourth-order valence-corrected chi connectivity index (χ4v) is 3.74. The van der Waals surface area contributed by atoms with Crippen LogP contribution in [-0.2, 0) is 17.6 Å². The van der Waals surface area contributed by atoms with Gasteiger partial charge in [0.15, 0.2) is 0 Å². The Labute approximate surface area is 190 Å². The predicted octanol–water partition coefficient (Wildman–Crippen LogP) is 4.47. The van der Waals surface area contributed by atoms with Gasteiger partial charge < -0.3 is 20.5 Å². The van der Waals surface area contributed by atoms with Crippen LogP contribution in [0.2, 0.25) is 0 Å². The van der Waals surface area contributed by atoms with E-state index in [1.165, 1.54) is 16.3 Å². The monoisotopic (exact) mass is 434 g/mol. The van der Waals surface area contributed by atoms with Gasteiger partial charge in [-0.1, -0.05) is 72.8 Å². The van der Waals surface area contributed by atoms with E-state index in [0.29, 0.717) is 13.0 Å². The normalized spacial score (nSPS) is 13.5. The van der Waals surface area contributed by atoms with Gasteiger partial charge in [0.25, 0.3) is 0 Å². The molecule has 5 heteroatoms. The first-order chi connectivity index (χ1) is 15.3. The topological polar surface area (TPSA) is 70.6 Å². The number of carbonyl (C=O) groups is 1. The number of nitrogens with one attached hydrogen (secondary N) is 2. The molecule has 0 radical (unpaired) electrons. The number of aliphatic hydroxyl groups is 1. The number of amides is 1. The van der Waals surface area contributed by atoms with Crippen molar-refractivity contribution in [2.75, 3.05) is 13.1 Å². The first-order valence-corrected chi connectivity index (χ1v) is 11.2. The third kappa shape index (κ3) is 7.36. The maximum atomic E-state index is 12.3. The van der Waals surface area contributed by atoms with Gasteiger partial charge in [0, 0.05) is 6.54 Å². The molecule has 0 aliphatic carbocycles. The van der Waals surface area contributed by atoms with Crippen LogP contribution in [0, 0.1) is 0 Å². The van der Waals surface area contributed by atoms with E-state index in [1.54, 1.807) is 0 Å². The highest BCUT2D eigenvalue weighted by Gasteiger charge is 2.24. The SMILES string of the molecule is CC(C)(C)OC(=O)N[C@@H](Cc1ccccc1)[C@@H](O)CNCCc1cccc2ccccc12. The van der Waals surface area contributed by atoms with Gasteiger partial charge in [-0.25, -0.2) is 4.79 Å². The highest BCUT2D eigenvalue weighted by atomic mass is 16.6. The summed E-state index contributed by atoms with van der Waals surface area (Å²) in [5.41, 5.74) is 1.73. The van der Waals surface area contributed by atoms with Gasteiger partial charge in [-0.2, -0.15) is 0 Å². The number of aliphatic hydroxyl groups excluding tert-OH is 1. The Morgan fingerprint density at radius 1 is 0.969 bits per heavy atom. The van der Waals surface area contributed by atoms with Crippen molar-refractivity contribution >= 4 is 16.9 Å². The average molecular weight is 435 g/mol. The molecular formula is C27H34N2O3. The summed E-state index contributed by atoms with van der Waals surface area (Å²) in [6.45, 7) is 6.58. The number of alkyl carbamates (subject to hydrolysis) is 1. The van der Waals surface area contributed by atoms with Crippen LogP contribution in [0.5, 0.6) is 0 Å². The molecule has 0 aromatic heterocycles. The van der Waals surface area contributed by atoms with Gasteiger partial charge in [0.05, 0.1) is 12.1 Å². The molecule has 5 nitrogen and oxygen atoms in total. The lowest BCUT2D eigenvalue weighted by molar-refractivity contribution is 0.0423. The fourth-order valence-electron chi connectivity index (χ4n) is 3.74. The molecule has 1 amide bonds.